The predicted octanol–water partition coefficient (Wildman–Crippen LogP) is -6.42. The van der Waals surface area contributed by atoms with Crippen molar-refractivity contribution < 1.29 is 48.6 Å². The molecule has 6 amide bonds. The van der Waals surface area contributed by atoms with Crippen LogP contribution in [0.2, 0.25) is 0 Å². The number of guanidine groups is 2. The highest BCUT2D eigenvalue weighted by molar-refractivity contribution is 5.95. The Morgan fingerprint density at radius 3 is 1.56 bits per heavy atom. The number of hydrogen-bond donors (Lipinski definition) is 13. The van der Waals surface area contributed by atoms with Gasteiger partial charge in [-0.05, 0) is 46.0 Å². The second-order valence-corrected chi connectivity index (χ2v) is 10.9. The molecule has 0 bridgehead atoms. The Morgan fingerprint density at radius 2 is 1.08 bits per heavy atom. The Balaban J connectivity index is 5.64. The van der Waals surface area contributed by atoms with E-state index >= 15 is 0 Å². The van der Waals surface area contributed by atoms with Gasteiger partial charge in [0.25, 0.3) is 0 Å². The van der Waals surface area contributed by atoms with Gasteiger partial charge in [0.05, 0.1) is 19.1 Å². The second kappa shape index (κ2) is 23.6. The van der Waals surface area contributed by atoms with Crippen LogP contribution in [0.4, 0.5) is 0 Å². The molecule has 282 valence electrons. The number of aliphatic imine (C=N–C) groups is 2. The fourth-order valence-corrected chi connectivity index (χ4v) is 3.82. The predicted molar refractivity (Wildman–Crippen MR) is 177 cm³/mol. The van der Waals surface area contributed by atoms with Gasteiger partial charge in [0.2, 0.25) is 35.4 Å². The normalized spacial score (nSPS) is 13.4. The van der Waals surface area contributed by atoms with E-state index in [4.69, 9.17) is 38.9 Å². The van der Waals surface area contributed by atoms with Gasteiger partial charge in [0, 0.05) is 19.5 Å². The van der Waals surface area contributed by atoms with Gasteiger partial charge >= 0.3 is 11.9 Å². The zero-order valence-electron chi connectivity index (χ0n) is 27.9. The largest absolute Gasteiger partial charge is 0.481 e. The molecule has 0 rings (SSSR count). The molecule has 50 heavy (non-hydrogen) atoms. The zero-order valence-corrected chi connectivity index (χ0v) is 27.9. The van der Waals surface area contributed by atoms with Crippen molar-refractivity contribution in [2.45, 2.75) is 82.6 Å². The molecule has 0 unspecified atom stereocenters. The number of carbonyl (C=O) groups excluding carboxylic acids is 6. The lowest BCUT2D eigenvalue weighted by atomic mass is 10.1. The summed E-state index contributed by atoms with van der Waals surface area (Å²) in [4.78, 5) is 105. The molecule has 0 aliphatic carbocycles. The number of carbonyl (C=O) groups is 8. The number of nitrogens with two attached hydrogens (primary N) is 5. The fourth-order valence-electron chi connectivity index (χ4n) is 3.82. The summed E-state index contributed by atoms with van der Waals surface area (Å²) in [5.41, 5.74) is 27.0. The molecule has 23 nitrogen and oxygen atoms in total. The second-order valence-electron chi connectivity index (χ2n) is 10.9. The third-order valence-corrected chi connectivity index (χ3v) is 6.53. The SMILES string of the molecule is C[C@H](NC(=O)[C@H](C)NC(=O)CNC(=O)[C@H](CCCN=C(N)N)NC(=O)[C@H](CCCN=C(N)N)NC(=O)CNC(=O)[C@@H](N)CCC(=O)O)C(=O)O. The Labute approximate surface area is 287 Å². The van der Waals surface area contributed by atoms with Crippen LogP contribution in [0.1, 0.15) is 52.4 Å². The lowest BCUT2D eigenvalue weighted by molar-refractivity contribution is -0.141. The van der Waals surface area contributed by atoms with Gasteiger partial charge in [0.1, 0.15) is 24.2 Å². The summed E-state index contributed by atoms with van der Waals surface area (Å²) < 4.78 is 0. The summed E-state index contributed by atoms with van der Waals surface area (Å²) >= 11 is 0. The molecule has 23 heteroatoms. The number of amides is 6. The van der Waals surface area contributed by atoms with Crippen molar-refractivity contribution in [3.63, 3.8) is 0 Å². The molecule has 0 aromatic heterocycles. The first-order valence-corrected chi connectivity index (χ1v) is 15.4. The average Bonchev–Trinajstić information content (AvgIpc) is 3.03. The first kappa shape index (κ1) is 44.3. The maximum Gasteiger partial charge on any atom is 0.325 e. The molecule has 0 saturated carbocycles. The molecular weight excluding hydrogens is 666 g/mol. The number of nitrogens with zero attached hydrogens (tertiary/aromatic N) is 2. The lowest BCUT2D eigenvalue weighted by Gasteiger charge is -2.23. The van der Waals surface area contributed by atoms with Gasteiger partial charge in [-0.1, -0.05) is 0 Å². The van der Waals surface area contributed by atoms with Gasteiger partial charge < -0.3 is 70.8 Å². The highest BCUT2D eigenvalue weighted by Crippen LogP contribution is 2.04. The van der Waals surface area contributed by atoms with E-state index in [1.807, 2.05) is 0 Å². The summed E-state index contributed by atoms with van der Waals surface area (Å²) in [5, 5.41) is 31.7. The molecule has 0 aromatic rings. The van der Waals surface area contributed by atoms with E-state index in [2.05, 4.69) is 41.9 Å². The van der Waals surface area contributed by atoms with Crippen LogP contribution >= 0.6 is 0 Å². The summed E-state index contributed by atoms with van der Waals surface area (Å²) in [6, 6.07) is -6.09. The van der Waals surface area contributed by atoms with E-state index in [9.17, 15) is 38.4 Å². The number of carboxylic acids is 2. The molecule has 0 spiro atoms. The van der Waals surface area contributed by atoms with Crippen LogP contribution in [-0.4, -0.2) is 126 Å². The first-order chi connectivity index (χ1) is 23.3. The lowest BCUT2D eigenvalue weighted by Crippen LogP contribution is -2.56. The van der Waals surface area contributed by atoms with Gasteiger partial charge in [-0.25, -0.2) is 0 Å². The molecule has 0 fully saturated rings. The summed E-state index contributed by atoms with van der Waals surface area (Å²) in [6.45, 7) is 1.46. The van der Waals surface area contributed by atoms with Crippen LogP contribution in [0.15, 0.2) is 9.98 Å². The molecule has 0 aromatic carbocycles. The first-order valence-electron chi connectivity index (χ1n) is 15.4. The average molecular weight is 716 g/mol. The maximum absolute atomic E-state index is 13.4. The Hall–Kier alpha value is -5.74. The van der Waals surface area contributed by atoms with E-state index < -0.39 is 90.7 Å². The molecule has 5 atom stereocenters. The minimum absolute atomic E-state index is 0.0222. The number of hydrogen-bond acceptors (Lipinski definition) is 11. The van der Waals surface area contributed by atoms with Crippen molar-refractivity contribution in [2.75, 3.05) is 26.2 Å². The van der Waals surface area contributed by atoms with Crippen molar-refractivity contribution in [3.8, 4) is 0 Å². The van der Waals surface area contributed by atoms with Gasteiger partial charge in [-0.2, -0.15) is 0 Å². The van der Waals surface area contributed by atoms with E-state index in [1.165, 1.54) is 13.8 Å². The van der Waals surface area contributed by atoms with Crippen LogP contribution in [0.25, 0.3) is 0 Å². The highest BCUT2D eigenvalue weighted by Gasteiger charge is 2.28. The van der Waals surface area contributed by atoms with Crippen LogP contribution < -0.4 is 60.6 Å². The number of carboxylic acid groups (broad SMARTS) is 2. The van der Waals surface area contributed by atoms with Crippen molar-refractivity contribution in [2.24, 2.45) is 38.7 Å². The van der Waals surface area contributed by atoms with E-state index in [1.54, 1.807) is 0 Å². The summed E-state index contributed by atoms with van der Waals surface area (Å²) in [7, 11) is 0. The third-order valence-electron chi connectivity index (χ3n) is 6.53. The topological polar surface area (TPSA) is 404 Å². The van der Waals surface area contributed by atoms with Crippen molar-refractivity contribution >= 4 is 59.3 Å². The fraction of sp³-hybridized carbons (Fsp3) is 0.630. The number of nitrogens with one attached hydrogen (secondary N) is 6. The maximum atomic E-state index is 13.4. The van der Waals surface area contributed by atoms with Crippen LogP contribution in [0, 0.1) is 0 Å². The van der Waals surface area contributed by atoms with Crippen LogP contribution in [0.3, 0.4) is 0 Å². The molecule has 0 saturated heterocycles. The molecule has 0 aliphatic heterocycles. The Morgan fingerprint density at radius 1 is 0.600 bits per heavy atom. The standard InChI is InChI=1S/C27H49N13O10/c1-13(21(45)38-14(2)25(49)50)37-18(41)11-36-23(47)16(5-3-9-33-26(29)30)40-24(48)17(6-4-10-34-27(31)32)39-19(42)12-35-22(46)15(28)7-8-20(43)44/h13-17H,3-12,28H2,1-2H3,(H,35,46)(H,36,47)(H,37,41)(H,38,45)(H,39,42)(H,40,48)(H,43,44)(H,49,50)(H4,29,30,33)(H4,31,32,34)/t13-,14-,15-,16-,17-/m0/s1. The summed E-state index contributed by atoms with van der Waals surface area (Å²) in [5.74, 6) is -7.68. The van der Waals surface area contributed by atoms with Crippen LogP contribution in [0.5, 0.6) is 0 Å². The smallest absolute Gasteiger partial charge is 0.325 e. The van der Waals surface area contributed by atoms with Gasteiger partial charge in [-0.15, -0.1) is 0 Å². The molecule has 0 radical (unpaired) electrons. The monoisotopic (exact) mass is 715 g/mol. The van der Waals surface area contributed by atoms with Crippen molar-refractivity contribution in [1.82, 2.24) is 31.9 Å². The van der Waals surface area contributed by atoms with Crippen molar-refractivity contribution in [1.29, 1.82) is 0 Å². The third kappa shape index (κ3) is 20.5. The minimum Gasteiger partial charge on any atom is -0.481 e. The molecule has 0 aliphatic rings. The molecule has 18 N–H and O–H groups in total. The van der Waals surface area contributed by atoms with E-state index in [0.717, 1.165) is 0 Å². The zero-order chi connectivity index (χ0) is 38.4. The Kier molecular flexibility index (Phi) is 20.9. The van der Waals surface area contributed by atoms with E-state index in [-0.39, 0.29) is 63.5 Å². The molecule has 0 heterocycles. The van der Waals surface area contributed by atoms with Crippen LogP contribution in [-0.2, 0) is 38.4 Å². The highest BCUT2D eigenvalue weighted by atomic mass is 16.4. The quantitative estimate of drug-likeness (QED) is 0.0251. The summed E-state index contributed by atoms with van der Waals surface area (Å²) in [6.07, 6.45) is -0.202. The minimum atomic E-state index is -1.28. The van der Waals surface area contributed by atoms with Gasteiger partial charge in [0.15, 0.2) is 11.9 Å². The number of rotatable bonds is 24. The molecular formula is C27H49N13O10. The number of aliphatic carboxylic acids is 2. The van der Waals surface area contributed by atoms with Crippen molar-refractivity contribution in [3.05, 3.63) is 0 Å². The van der Waals surface area contributed by atoms with E-state index in [0.29, 0.717) is 0 Å². The van der Waals surface area contributed by atoms with Gasteiger partial charge in [-0.3, -0.25) is 48.3 Å². The Bertz CT molecular complexity index is 1270.